The molecule has 0 aliphatic rings. The van der Waals surface area contributed by atoms with Crippen LogP contribution in [-0.4, -0.2) is 38.3 Å². The summed E-state index contributed by atoms with van der Waals surface area (Å²) in [6, 6.07) is 12.5. The second-order valence-corrected chi connectivity index (χ2v) is 6.47. The van der Waals surface area contributed by atoms with E-state index in [-0.39, 0.29) is 28.8 Å². The summed E-state index contributed by atoms with van der Waals surface area (Å²) in [6.45, 7) is 3.83. The van der Waals surface area contributed by atoms with Gasteiger partial charge in [0.2, 0.25) is 11.6 Å². The third kappa shape index (κ3) is 3.96. The van der Waals surface area contributed by atoms with Crippen LogP contribution in [0, 0.1) is 5.82 Å². The van der Waals surface area contributed by atoms with Crippen LogP contribution in [-0.2, 0) is 0 Å². The lowest BCUT2D eigenvalue weighted by Crippen LogP contribution is -2.36. The minimum Gasteiger partial charge on any atom is -0.497 e. The molecule has 162 valence electrons. The number of amides is 1. The molecule has 0 saturated carbocycles. The van der Waals surface area contributed by atoms with Crippen molar-refractivity contribution in [2.75, 3.05) is 12.8 Å². The van der Waals surface area contributed by atoms with Crippen LogP contribution < -0.4 is 21.3 Å². The zero-order chi connectivity index (χ0) is 22.7. The number of halogens is 1. The molecule has 0 fully saturated rings. The van der Waals surface area contributed by atoms with Crippen LogP contribution >= 0.6 is 0 Å². The van der Waals surface area contributed by atoms with E-state index in [2.05, 4.69) is 42.7 Å². The number of hydrazine groups is 1. The third-order valence-electron chi connectivity index (χ3n) is 4.44. The van der Waals surface area contributed by atoms with Gasteiger partial charge in [0.05, 0.1) is 12.8 Å². The molecule has 32 heavy (non-hydrogen) atoms. The van der Waals surface area contributed by atoms with Crippen LogP contribution in [0.15, 0.2) is 59.7 Å². The van der Waals surface area contributed by atoms with E-state index in [0.29, 0.717) is 22.6 Å². The fourth-order valence-electron chi connectivity index (χ4n) is 2.86. The Hall–Kier alpha value is -4.74. The van der Waals surface area contributed by atoms with E-state index >= 15 is 0 Å². The number of carbonyl (C=O) groups is 1. The minimum atomic E-state index is -0.618. The maximum absolute atomic E-state index is 13.1. The van der Waals surface area contributed by atoms with Crippen molar-refractivity contribution in [2.24, 2.45) is 0 Å². The number of methoxy groups -OCH3 is 1. The fourth-order valence-corrected chi connectivity index (χ4v) is 2.86. The van der Waals surface area contributed by atoms with Crippen LogP contribution in [0.2, 0.25) is 0 Å². The molecule has 2 heterocycles. The normalized spacial score (nSPS) is 10.6. The zero-order valence-electron chi connectivity index (χ0n) is 16.7. The Morgan fingerprint density at radius 2 is 1.97 bits per heavy atom. The summed E-state index contributed by atoms with van der Waals surface area (Å²) in [6.07, 6.45) is 0. The van der Waals surface area contributed by atoms with E-state index < -0.39 is 5.91 Å². The first-order chi connectivity index (χ1) is 15.5. The molecule has 4 rings (SSSR count). The predicted molar refractivity (Wildman–Crippen MR) is 112 cm³/mol. The molecule has 1 amide bonds. The smallest absolute Gasteiger partial charge is 0.292 e. The second-order valence-electron chi connectivity index (χ2n) is 6.47. The summed E-state index contributed by atoms with van der Waals surface area (Å²) in [5.74, 6) is -0.415. The summed E-state index contributed by atoms with van der Waals surface area (Å²) < 4.78 is 24.3. The van der Waals surface area contributed by atoms with Crippen molar-refractivity contribution in [2.45, 2.75) is 0 Å². The predicted octanol–water partition coefficient (Wildman–Crippen LogP) is 1.95. The monoisotopic (exact) mass is 436 g/mol. The number of anilines is 1. The lowest BCUT2D eigenvalue weighted by molar-refractivity contribution is 0.0938. The molecule has 0 unspecified atom stereocenters. The molecule has 4 N–H and O–H groups in total. The molecule has 0 atom stereocenters. The van der Waals surface area contributed by atoms with Gasteiger partial charge in [-0.2, -0.15) is 4.68 Å². The van der Waals surface area contributed by atoms with Gasteiger partial charge in [-0.25, -0.2) is 9.02 Å². The number of nitrogens with one attached hydrogen (secondary N) is 2. The molecule has 12 heteroatoms. The number of nitrogens with zero attached hydrogens (tertiary/aromatic N) is 5. The first kappa shape index (κ1) is 20.5. The topological polar surface area (TPSA) is 146 Å². The molecule has 0 radical (unpaired) electrons. The maximum atomic E-state index is 13.1. The van der Waals surface area contributed by atoms with Crippen molar-refractivity contribution in [3.8, 4) is 22.8 Å². The minimum absolute atomic E-state index is 0.0335. The Morgan fingerprint density at radius 1 is 1.19 bits per heavy atom. The van der Waals surface area contributed by atoms with Gasteiger partial charge in [0, 0.05) is 5.56 Å². The third-order valence-corrected chi connectivity index (χ3v) is 4.44. The molecule has 0 spiro atoms. The molecule has 4 aromatic rings. The second kappa shape index (κ2) is 8.55. The van der Waals surface area contributed by atoms with Gasteiger partial charge < -0.3 is 10.5 Å². The van der Waals surface area contributed by atoms with Gasteiger partial charge in [0.1, 0.15) is 17.3 Å². The Balaban J connectivity index is 1.66. The molecule has 11 nitrogen and oxygen atoms in total. The van der Waals surface area contributed by atoms with Gasteiger partial charge in [-0.1, -0.05) is 23.9 Å². The van der Waals surface area contributed by atoms with Gasteiger partial charge in [-0.05, 0) is 52.3 Å². The van der Waals surface area contributed by atoms with E-state index in [4.69, 9.17) is 10.5 Å². The van der Waals surface area contributed by atoms with Crippen LogP contribution in [0.5, 0.6) is 5.75 Å². The van der Waals surface area contributed by atoms with Crippen molar-refractivity contribution in [3.05, 3.63) is 72.2 Å². The fraction of sp³-hybridized carbons (Fsp3) is 0.0500. The molecule has 0 bridgehead atoms. The first-order valence-electron chi connectivity index (χ1n) is 9.17. The highest BCUT2D eigenvalue weighted by atomic mass is 19.1. The number of hydrogen-bond donors (Lipinski definition) is 3. The number of hydrogen-bond acceptors (Lipinski definition) is 9. The average Bonchev–Trinajstić information content (AvgIpc) is 3.43. The first-order valence-corrected chi connectivity index (χ1v) is 9.17. The van der Waals surface area contributed by atoms with Crippen molar-refractivity contribution < 1.29 is 18.6 Å². The Morgan fingerprint density at radius 3 is 2.66 bits per heavy atom. The molecule has 2 aromatic heterocycles. The highest BCUT2D eigenvalue weighted by Crippen LogP contribution is 2.29. The lowest BCUT2D eigenvalue weighted by atomic mass is 10.1. The summed E-state index contributed by atoms with van der Waals surface area (Å²) in [7, 11) is 1.52. The van der Waals surface area contributed by atoms with Crippen LogP contribution in [0.25, 0.3) is 22.8 Å². The lowest BCUT2D eigenvalue weighted by Gasteiger charge is -2.12. The van der Waals surface area contributed by atoms with Crippen molar-refractivity contribution >= 4 is 17.4 Å². The van der Waals surface area contributed by atoms with Crippen LogP contribution in [0.1, 0.15) is 16.1 Å². The van der Waals surface area contributed by atoms with Crippen molar-refractivity contribution in [3.63, 3.8) is 0 Å². The van der Waals surface area contributed by atoms with Gasteiger partial charge in [-0.15, -0.1) is 5.10 Å². The Bertz CT molecular complexity index is 1280. The highest BCUT2D eigenvalue weighted by molar-refractivity contribution is 5.98. The summed E-state index contributed by atoms with van der Waals surface area (Å²) >= 11 is 0. The number of aromatic nitrogens is 5. The molecular weight excluding hydrogens is 419 g/mol. The number of ether oxygens (including phenoxy) is 1. The molecule has 0 saturated heterocycles. The molecule has 2 aromatic carbocycles. The molecule has 0 aliphatic carbocycles. The van der Waals surface area contributed by atoms with Crippen molar-refractivity contribution in [1.29, 1.82) is 0 Å². The van der Waals surface area contributed by atoms with E-state index in [9.17, 15) is 9.18 Å². The summed E-state index contributed by atoms with van der Waals surface area (Å²) in [4.78, 5) is 12.9. The highest BCUT2D eigenvalue weighted by Gasteiger charge is 2.25. The summed E-state index contributed by atoms with van der Waals surface area (Å²) in [5.41, 5.74) is 12.7. The van der Waals surface area contributed by atoms with Gasteiger partial charge >= 0.3 is 0 Å². The van der Waals surface area contributed by atoms with E-state index in [1.807, 2.05) is 0 Å². The molecular formula is C20H17FN8O3. The Kier molecular flexibility index (Phi) is 5.49. The van der Waals surface area contributed by atoms with E-state index in [0.717, 1.165) is 0 Å². The van der Waals surface area contributed by atoms with E-state index in [1.165, 1.54) is 36.1 Å². The Labute approximate surface area is 180 Å². The number of carbonyl (C=O) groups excluding carboxylic acids is 1. The SMILES string of the molecule is C=C(NNC(=O)c1nnn(-c2nonc2N)c1-c1cccc(OC)c1)c1ccc(F)cc1. The number of benzene rings is 2. The number of nitrogen functional groups attached to an aromatic ring is 1. The van der Waals surface area contributed by atoms with Gasteiger partial charge in [0.25, 0.3) is 5.91 Å². The van der Waals surface area contributed by atoms with Gasteiger partial charge in [0.15, 0.2) is 5.69 Å². The number of nitrogens with two attached hydrogens (primary N) is 1. The van der Waals surface area contributed by atoms with Gasteiger partial charge in [-0.3, -0.25) is 15.6 Å². The average molecular weight is 436 g/mol. The molecule has 0 aliphatic heterocycles. The van der Waals surface area contributed by atoms with E-state index in [1.54, 1.807) is 24.3 Å². The maximum Gasteiger partial charge on any atom is 0.292 e. The zero-order valence-corrected chi connectivity index (χ0v) is 16.7. The quantitative estimate of drug-likeness (QED) is 0.370. The largest absolute Gasteiger partial charge is 0.497 e. The number of rotatable bonds is 7. The van der Waals surface area contributed by atoms with Crippen LogP contribution in [0.4, 0.5) is 10.2 Å². The standard InChI is InChI=1S/C20H17FN8O3/c1-11(12-6-8-14(21)9-7-12)23-25-20(30)16-17(13-4-3-5-15(10-13)31-2)29(28-24-16)19-18(22)26-32-27-19/h3-10,23H,1H2,2H3,(H2,22,26)(H,25,30). The van der Waals surface area contributed by atoms with Crippen LogP contribution in [0.3, 0.4) is 0 Å². The summed E-state index contributed by atoms with van der Waals surface area (Å²) in [5, 5.41) is 15.3. The van der Waals surface area contributed by atoms with Crippen molar-refractivity contribution in [1.82, 2.24) is 36.2 Å².